The van der Waals surface area contributed by atoms with Crippen LogP contribution in [0, 0.1) is 0 Å². The van der Waals surface area contributed by atoms with E-state index in [0.29, 0.717) is 6.07 Å². The zero-order valence-corrected chi connectivity index (χ0v) is 12.9. The number of rotatable bonds is 6. The molecule has 0 unspecified atom stereocenters. The number of carbonyl (C=O) groups excluding carboxylic acids is 1. The van der Waals surface area contributed by atoms with Crippen LogP contribution in [0.4, 0.5) is 26.7 Å². The molecule has 1 aromatic carbocycles. The van der Waals surface area contributed by atoms with Crippen LogP contribution in [0.5, 0.6) is 5.75 Å². The van der Waals surface area contributed by atoms with Crippen LogP contribution < -0.4 is 9.46 Å². The number of amides is 1. The van der Waals surface area contributed by atoms with Gasteiger partial charge in [0, 0.05) is 0 Å². The summed E-state index contributed by atoms with van der Waals surface area (Å²) in [6, 6.07) is 1.96. The van der Waals surface area contributed by atoms with Crippen molar-refractivity contribution in [2.24, 2.45) is 0 Å². The molecule has 24 heavy (non-hydrogen) atoms. The van der Waals surface area contributed by atoms with Crippen molar-refractivity contribution in [3.63, 3.8) is 0 Å². The zero-order valence-electron chi connectivity index (χ0n) is 12.1. The van der Waals surface area contributed by atoms with Gasteiger partial charge in [0.15, 0.2) is 0 Å². The molecule has 1 amide bonds. The topological polar surface area (TPSA) is 81.7 Å². The van der Waals surface area contributed by atoms with Gasteiger partial charge in [-0.2, -0.15) is 13.2 Å². The fraction of sp³-hybridized carbons (Fsp3) is 0.417. The lowest BCUT2D eigenvalue weighted by molar-refractivity contribution is -0.140. The molecule has 0 bridgehead atoms. The predicted octanol–water partition coefficient (Wildman–Crippen LogP) is 2.78. The Morgan fingerprint density at radius 2 is 1.92 bits per heavy atom. The van der Waals surface area contributed by atoms with Gasteiger partial charge in [0.05, 0.1) is 12.2 Å². The van der Waals surface area contributed by atoms with Crippen LogP contribution in [0.1, 0.15) is 12.5 Å². The van der Waals surface area contributed by atoms with E-state index < -0.39 is 51.5 Å². The van der Waals surface area contributed by atoms with E-state index in [9.17, 15) is 35.2 Å². The quantitative estimate of drug-likeness (QED) is 0.771. The first-order chi connectivity index (χ1) is 11.0. The van der Waals surface area contributed by atoms with Crippen molar-refractivity contribution in [2.45, 2.75) is 24.4 Å². The van der Waals surface area contributed by atoms with Gasteiger partial charge in [0.2, 0.25) is 0 Å². The molecule has 0 heterocycles. The SMILES string of the molecule is CCOC(=O)NS(=O)(=O)c1c(OCC(F)F)cccc1C(F)(F)F. The van der Waals surface area contributed by atoms with Crippen molar-refractivity contribution in [1.82, 2.24) is 4.72 Å². The van der Waals surface area contributed by atoms with E-state index in [2.05, 4.69) is 9.47 Å². The number of benzene rings is 1. The van der Waals surface area contributed by atoms with Gasteiger partial charge in [0.1, 0.15) is 17.3 Å². The normalized spacial score (nSPS) is 12.1. The molecule has 0 saturated heterocycles. The molecule has 0 aliphatic heterocycles. The number of nitrogens with one attached hydrogen (secondary N) is 1. The predicted molar refractivity (Wildman–Crippen MR) is 70.3 cm³/mol. The molecule has 1 rings (SSSR count). The van der Waals surface area contributed by atoms with Gasteiger partial charge in [-0.25, -0.2) is 26.7 Å². The zero-order chi connectivity index (χ0) is 18.5. The Labute approximate surface area is 133 Å². The largest absolute Gasteiger partial charge is 0.486 e. The maximum absolute atomic E-state index is 13.0. The highest BCUT2D eigenvalue weighted by atomic mass is 32.2. The molecule has 0 aromatic heterocycles. The van der Waals surface area contributed by atoms with Crippen LogP contribution in [0.25, 0.3) is 0 Å². The summed E-state index contributed by atoms with van der Waals surface area (Å²) in [6.45, 7) is -0.229. The first-order valence-corrected chi connectivity index (χ1v) is 7.78. The van der Waals surface area contributed by atoms with Crippen LogP contribution in [0.2, 0.25) is 0 Å². The lowest BCUT2D eigenvalue weighted by Crippen LogP contribution is -2.33. The highest BCUT2D eigenvalue weighted by molar-refractivity contribution is 7.90. The number of halogens is 5. The fourth-order valence-corrected chi connectivity index (χ4v) is 2.85. The van der Waals surface area contributed by atoms with Gasteiger partial charge in [-0.3, -0.25) is 0 Å². The fourth-order valence-electron chi connectivity index (χ4n) is 1.60. The van der Waals surface area contributed by atoms with E-state index in [1.165, 1.54) is 11.6 Å². The third kappa shape index (κ3) is 5.22. The molecule has 0 aliphatic carbocycles. The molecular formula is C12H12F5NO5S. The van der Waals surface area contributed by atoms with Crippen LogP contribution in [-0.2, 0) is 20.9 Å². The van der Waals surface area contributed by atoms with Crippen molar-refractivity contribution in [3.05, 3.63) is 23.8 Å². The van der Waals surface area contributed by atoms with E-state index in [1.807, 2.05) is 0 Å². The summed E-state index contributed by atoms with van der Waals surface area (Å²) in [5.41, 5.74) is -1.67. The molecule has 0 saturated carbocycles. The average Bonchev–Trinajstić information content (AvgIpc) is 2.43. The number of ether oxygens (including phenoxy) is 2. The highest BCUT2D eigenvalue weighted by Crippen LogP contribution is 2.38. The van der Waals surface area contributed by atoms with E-state index in [4.69, 9.17) is 0 Å². The van der Waals surface area contributed by atoms with Crippen molar-refractivity contribution in [2.75, 3.05) is 13.2 Å². The van der Waals surface area contributed by atoms with E-state index in [1.54, 1.807) is 0 Å². The standard InChI is InChI=1S/C12H12F5NO5S/c1-2-22-11(19)18-24(20,21)10-7(12(15,16)17)4-3-5-8(10)23-6-9(13)14/h3-5,9H,2,6H2,1H3,(H,18,19). The number of sulfonamides is 1. The number of hydrogen-bond donors (Lipinski definition) is 1. The maximum Gasteiger partial charge on any atom is 0.421 e. The van der Waals surface area contributed by atoms with Gasteiger partial charge in [-0.15, -0.1) is 0 Å². The molecule has 0 fully saturated rings. The third-order valence-corrected chi connectivity index (χ3v) is 3.80. The Morgan fingerprint density at radius 3 is 2.42 bits per heavy atom. The van der Waals surface area contributed by atoms with Crippen LogP contribution in [0.15, 0.2) is 23.1 Å². The van der Waals surface area contributed by atoms with E-state index in [-0.39, 0.29) is 6.61 Å². The molecule has 0 radical (unpaired) electrons. The Kier molecular flexibility index (Phi) is 6.35. The first-order valence-electron chi connectivity index (χ1n) is 6.29. The second-order valence-corrected chi connectivity index (χ2v) is 5.78. The maximum atomic E-state index is 13.0. The molecule has 0 aliphatic rings. The lowest BCUT2D eigenvalue weighted by Gasteiger charge is -2.17. The minimum absolute atomic E-state index is 0.239. The lowest BCUT2D eigenvalue weighted by atomic mass is 10.2. The summed E-state index contributed by atoms with van der Waals surface area (Å²) in [5, 5.41) is 0. The molecule has 12 heteroatoms. The minimum atomic E-state index is -5.14. The summed E-state index contributed by atoms with van der Waals surface area (Å²) in [5.74, 6) is -0.970. The van der Waals surface area contributed by atoms with Gasteiger partial charge < -0.3 is 9.47 Å². The van der Waals surface area contributed by atoms with Crippen LogP contribution in [0.3, 0.4) is 0 Å². The average molecular weight is 377 g/mol. The van der Waals surface area contributed by atoms with Gasteiger partial charge >= 0.3 is 12.3 Å². The monoisotopic (exact) mass is 377 g/mol. The summed E-state index contributed by atoms with van der Waals surface area (Å²) < 4.78 is 97.6. The van der Waals surface area contributed by atoms with Crippen LogP contribution in [-0.4, -0.2) is 34.2 Å². The second kappa shape index (κ2) is 7.64. The molecule has 0 atom stereocenters. The summed E-state index contributed by atoms with van der Waals surface area (Å²) >= 11 is 0. The highest BCUT2D eigenvalue weighted by Gasteiger charge is 2.40. The molecule has 1 N–H and O–H groups in total. The molecule has 1 aromatic rings. The Hall–Kier alpha value is -2.11. The minimum Gasteiger partial charge on any atom is -0.486 e. The molecule has 6 nitrogen and oxygen atoms in total. The van der Waals surface area contributed by atoms with Crippen LogP contribution >= 0.6 is 0 Å². The Balaban J connectivity index is 3.42. The van der Waals surface area contributed by atoms with Crippen molar-refractivity contribution in [3.8, 4) is 5.75 Å². The van der Waals surface area contributed by atoms with Crippen molar-refractivity contribution in [1.29, 1.82) is 0 Å². The Bertz CT molecular complexity index is 690. The van der Waals surface area contributed by atoms with Gasteiger partial charge in [-0.05, 0) is 19.1 Å². The number of hydrogen-bond acceptors (Lipinski definition) is 5. The number of alkyl halides is 5. The molecule has 0 spiro atoms. The molecule has 136 valence electrons. The number of carbonyl (C=O) groups is 1. The molecular weight excluding hydrogens is 365 g/mol. The summed E-state index contributed by atoms with van der Waals surface area (Å²) in [4.78, 5) is 9.74. The van der Waals surface area contributed by atoms with Crippen molar-refractivity contribution < 1.29 is 44.6 Å². The smallest absolute Gasteiger partial charge is 0.421 e. The summed E-state index contributed by atoms with van der Waals surface area (Å²) in [7, 11) is -5.09. The second-order valence-electron chi connectivity index (χ2n) is 4.16. The van der Waals surface area contributed by atoms with E-state index >= 15 is 0 Å². The van der Waals surface area contributed by atoms with Crippen molar-refractivity contribution >= 4 is 16.1 Å². The van der Waals surface area contributed by atoms with E-state index in [0.717, 1.165) is 12.1 Å². The first kappa shape index (κ1) is 19.9. The van der Waals surface area contributed by atoms with Gasteiger partial charge in [0.25, 0.3) is 16.4 Å². The Morgan fingerprint density at radius 1 is 1.29 bits per heavy atom. The third-order valence-electron chi connectivity index (χ3n) is 2.41. The van der Waals surface area contributed by atoms with Gasteiger partial charge in [-0.1, -0.05) is 6.07 Å². The summed E-state index contributed by atoms with van der Waals surface area (Å²) in [6.07, 6.45) is -9.70.